The van der Waals surface area contributed by atoms with Gasteiger partial charge in [0.15, 0.2) is 6.10 Å². The standard InChI is InChI=1S/C20H20FN3O4/c1-13(25)24-11-18(28-17-6-4-3-5-16(17)24)20(27)23(2)12-19(26)22-15-9-7-14(21)8-10-15/h3-10,18H,11-12H2,1-2H3,(H,22,26). The largest absolute Gasteiger partial charge is 0.476 e. The number of fused-ring (bicyclic) bond motifs is 1. The minimum atomic E-state index is -0.914. The molecule has 0 saturated carbocycles. The summed E-state index contributed by atoms with van der Waals surface area (Å²) in [6, 6.07) is 12.3. The normalized spacial score (nSPS) is 15.2. The van der Waals surface area contributed by atoms with Gasteiger partial charge in [0, 0.05) is 19.7 Å². The zero-order chi connectivity index (χ0) is 20.3. The summed E-state index contributed by atoms with van der Waals surface area (Å²) in [6.45, 7) is 1.27. The van der Waals surface area contributed by atoms with E-state index in [4.69, 9.17) is 4.74 Å². The number of anilines is 2. The van der Waals surface area contributed by atoms with Crippen LogP contribution in [0.3, 0.4) is 0 Å². The lowest BCUT2D eigenvalue weighted by molar-refractivity contribution is -0.139. The summed E-state index contributed by atoms with van der Waals surface area (Å²) in [7, 11) is 1.48. The molecule has 7 nitrogen and oxygen atoms in total. The summed E-state index contributed by atoms with van der Waals surface area (Å²) in [5.41, 5.74) is 1.04. The number of carbonyl (C=O) groups excluding carboxylic acids is 3. The first-order valence-corrected chi connectivity index (χ1v) is 8.69. The van der Waals surface area contributed by atoms with E-state index in [9.17, 15) is 18.8 Å². The molecule has 146 valence electrons. The molecule has 1 N–H and O–H groups in total. The Balaban J connectivity index is 1.65. The van der Waals surface area contributed by atoms with E-state index in [0.29, 0.717) is 17.1 Å². The van der Waals surface area contributed by atoms with Gasteiger partial charge in [-0.3, -0.25) is 14.4 Å². The number of rotatable bonds is 4. The summed E-state index contributed by atoms with van der Waals surface area (Å²) in [5, 5.41) is 2.60. The van der Waals surface area contributed by atoms with Crippen LogP contribution in [0.1, 0.15) is 6.92 Å². The quantitative estimate of drug-likeness (QED) is 0.874. The molecule has 2 aromatic rings. The molecule has 1 aliphatic heterocycles. The van der Waals surface area contributed by atoms with Crippen LogP contribution in [0.25, 0.3) is 0 Å². The van der Waals surface area contributed by atoms with Crippen LogP contribution in [0.5, 0.6) is 5.75 Å². The molecule has 0 saturated heterocycles. The molecule has 0 radical (unpaired) electrons. The third kappa shape index (κ3) is 4.28. The third-order valence-electron chi connectivity index (χ3n) is 4.31. The molecule has 0 fully saturated rings. The topological polar surface area (TPSA) is 79.0 Å². The fourth-order valence-electron chi connectivity index (χ4n) is 2.93. The molecule has 0 aromatic heterocycles. The number of hydrogen-bond acceptors (Lipinski definition) is 4. The highest BCUT2D eigenvalue weighted by atomic mass is 19.1. The molecule has 28 heavy (non-hydrogen) atoms. The minimum absolute atomic E-state index is 0.0646. The van der Waals surface area contributed by atoms with E-state index >= 15 is 0 Å². The number of benzene rings is 2. The summed E-state index contributed by atoms with van der Waals surface area (Å²) in [4.78, 5) is 39.6. The molecule has 2 aromatic carbocycles. The molecule has 0 aliphatic carbocycles. The summed E-state index contributed by atoms with van der Waals surface area (Å²) in [5.74, 6) is -1.02. The van der Waals surface area contributed by atoms with Gasteiger partial charge in [-0.2, -0.15) is 0 Å². The summed E-state index contributed by atoms with van der Waals surface area (Å²) < 4.78 is 18.7. The lowest BCUT2D eigenvalue weighted by Gasteiger charge is -2.35. The lowest BCUT2D eigenvalue weighted by Crippen LogP contribution is -2.51. The first-order valence-electron chi connectivity index (χ1n) is 8.69. The zero-order valence-corrected chi connectivity index (χ0v) is 15.5. The molecule has 1 heterocycles. The van der Waals surface area contributed by atoms with Crippen molar-refractivity contribution in [2.24, 2.45) is 0 Å². The highest BCUT2D eigenvalue weighted by molar-refractivity contribution is 5.97. The van der Waals surface area contributed by atoms with E-state index in [1.807, 2.05) is 0 Å². The van der Waals surface area contributed by atoms with Gasteiger partial charge in [0.1, 0.15) is 11.6 Å². The van der Waals surface area contributed by atoms with Gasteiger partial charge in [-0.1, -0.05) is 12.1 Å². The van der Waals surface area contributed by atoms with Crippen molar-refractivity contribution < 1.29 is 23.5 Å². The Hall–Kier alpha value is -3.42. The lowest BCUT2D eigenvalue weighted by atomic mass is 10.1. The Labute approximate surface area is 161 Å². The second kappa shape index (κ2) is 8.08. The van der Waals surface area contributed by atoms with Crippen molar-refractivity contribution in [3.05, 3.63) is 54.3 Å². The maximum absolute atomic E-state index is 12.9. The van der Waals surface area contributed by atoms with Crippen LogP contribution in [-0.4, -0.2) is 48.9 Å². The van der Waals surface area contributed by atoms with Gasteiger partial charge < -0.3 is 19.9 Å². The molecular weight excluding hydrogens is 365 g/mol. The number of halogens is 1. The molecule has 1 aliphatic rings. The number of ether oxygens (including phenoxy) is 1. The number of nitrogens with one attached hydrogen (secondary N) is 1. The molecule has 8 heteroatoms. The number of nitrogens with zero attached hydrogens (tertiary/aromatic N) is 2. The van der Waals surface area contributed by atoms with E-state index in [-0.39, 0.29) is 19.0 Å². The van der Waals surface area contributed by atoms with Gasteiger partial charge in [0.2, 0.25) is 11.8 Å². The maximum atomic E-state index is 12.9. The third-order valence-corrected chi connectivity index (χ3v) is 4.31. The number of hydrogen-bond donors (Lipinski definition) is 1. The average molecular weight is 385 g/mol. The Morgan fingerprint density at radius 3 is 2.54 bits per heavy atom. The number of likely N-dealkylation sites (N-methyl/N-ethyl adjacent to an activating group) is 1. The van der Waals surface area contributed by atoms with Crippen molar-refractivity contribution in [2.45, 2.75) is 13.0 Å². The first-order chi connectivity index (χ1) is 13.3. The predicted molar refractivity (Wildman–Crippen MR) is 102 cm³/mol. The van der Waals surface area contributed by atoms with Gasteiger partial charge >= 0.3 is 0 Å². The van der Waals surface area contributed by atoms with E-state index in [1.165, 1.54) is 48.0 Å². The molecular formula is C20H20FN3O4. The molecule has 0 spiro atoms. The summed E-state index contributed by atoms with van der Waals surface area (Å²) >= 11 is 0. The second-order valence-electron chi connectivity index (χ2n) is 6.45. The molecule has 1 unspecified atom stereocenters. The SMILES string of the molecule is CC(=O)N1CC(C(=O)N(C)CC(=O)Nc2ccc(F)cc2)Oc2ccccc21. The molecule has 0 bridgehead atoms. The molecule has 3 rings (SSSR count). The van der Waals surface area contributed by atoms with Gasteiger partial charge in [-0.25, -0.2) is 4.39 Å². The Morgan fingerprint density at radius 1 is 1.18 bits per heavy atom. The average Bonchev–Trinajstić information content (AvgIpc) is 2.68. The minimum Gasteiger partial charge on any atom is -0.476 e. The molecule has 3 amide bonds. The van der Waals surface area contributed by atoms with Crippen molar-refractivity contribution >= 4 is 29.1 Å². The van der Waals surface area contributed by atoms with Crippen LogP contribution >= 0.6 is 0 Å². The van der Waals surface area contributed by atoms with Crippen molar-refractivity contribution in [1.29, 1.82) is 0 Å². The van der Waals surface area contributed by atoms with Crippen molar-refractivity contribution in [2.75, 3.05) is 30.4 Å². The van der Waals surface area contributed by atoms with E-state index in [2.05, 4.69) is 5.32 Å². The summed E-state index contributed by atoms with van der Waals surface area (Å²) in [6.07, 6.45) is -0.914. The number of amides is 3. The van der Waals surface area contributed by atoms with Crippen LogP contribution < -0.4 is 15.0 Å². The monoisotopic (exact) mass is 385 g/mol. The Bertz CT molecular complexity index is 901. The molecule has 1 atom stereocenters. The fourth-order valence-corrected chi connectivity index (χ4v) is 2.93. The van der Waals surface area contributed by atoms with Crippen molar-refractivity contribution in [3.8, 4) is 5.75 Å². The van der Waals surface area contributed by atoms with Crippen LogP contribution in [0.15, 0.2) is 48.5 Å². The second-order valence-corrected chi connectivity index (χ2v) is 6.45. The van der Waals surface area contributed by atoms with Gasteiger partial charge in [0.05, 0.1) is 18.8 Å². The Kier molecular flexibility index (Phi) is 5.58. The highest BCUT2D eigenvalue weighted by Crippen LogP contribution is 2.33. The van der Waals surface area contributed by atoms with E-state index in [0.717, 1.165) is 0 Å². The van der Waals surface area contributed by atoms with Crippen molar-refractivity contribution in [3.63, 3.8) is 0 Å². The van der Waals surface area contributed by atoms with E-state index in [1.54, 1.807) is 24.3 Å². The van der Waals surface area contributed by atoms with Crippen LogP contribution in [-0.2, 0) is 14.4 Å². The Morgan fingerprint density at radius 2 is 1.86 bits per heavy atom. The predicted octanol–water partition coefficient (Wildman–Crippen LogP) is 2.04. The highest BCUT2D eigenvalue weighted by Gasteiger charge is 2.34. The van der Waals surface area contributed by atoms with Crippen LogP contribution in [0.4, 0.5) is 15.8 Å². The van der Waals surface area contributed by atoms with Crippen molar-refractivity contribution in [1.82, 2.24) is 4.90 Å². The van der Waals surface area contributed by atoms with Crippen LogP contribution in [0, 0.1) is 5.82 Å². The maximum Gasteiger partial charge on any atom is 0.265 e. The van der Waals surface area contributed by atoms with Crippen LogP contribution in [0.2, 0.25) is 0 Å². The van der Waals surface area contributed by atoms with Gasteiger partial charge in [-0.15, -0.1) is 0 Å². The van der Waals surface area contributed by atoms with Gasteiger partial charge in [0.25, 0.3) is 5.91 Å². The first kappa shape index (κ1) is 19.3. The zero-order valence-electron chi connectivity index (χ0n) is 15.5. The number of carbonyl (C=O) groups is 3. The smallest absolute Gasteiger partial charge is 0.265 e. The van der Waals surface area contributed by atoms with Gasteiger partial charge in [-0.05, 0) is 36.4 Å². The fraction of sp³-hybridized carbons (Fsp3) is 0.250. The number of para-hydroxylation sites is 2. The van der Waals surface area contributed by atoms with E-state index < -0.39 is 23.7 Å².